The molecule has 0 saturated heterocycles. The van der Waals surface area contributed by atoms with E-state index in [1.54, 1.807) is 0 Å². The van der Waals surface area contributed by atoms with Gasteiger partial charge in [0.05, 0.1) is 0 Å². The van der Waals surface area contributed by atoms with Gasteiger partial charge in [-0.05, 0) is 34.0 Å². The van der Waals surface area contributed by atoms with E-state index in [9.17, 15) is 5.11 Å². The quantitative estimate of drug-likeness (QED) is 0.617. The van der Waals surface area contributed by atoms with Crippen molar-refractivity contribution in [1.82, 2.24) is 0 Å². The van der Waals surface area contributed by atoms with Crippen molar-refractivity contribution in [2.45, 2.75) is 19.1 Å². The Morgan fingerprint density at radius 2 is 1.74 bits per heavy atom. The predicted molar refractivity (Wildman–Crippen MR) is 76.4 cm³/mol. The zero-order chi connectivity index (χ0) is 12.8. The third-order valence-corrected chi connectivity index (χ3v) is 3.90. The molecule has 1 N–H and O–H groups in total. The molecular formula is C17H14O2. The number of hydrogen-bond donors (Lipinski definition) is 1. The minimum atomic E-state index is -0.662. The fourth-order valence-electron chi connectivity index (χ4n) is 2.97. The van der Waals surface area contributed by atoms with Crippen molar-refractivity contribution in [1.29, 1.82) is 0 Å². The van der Waals surface area contributed by atoms with Crippen LogP contribution in [0.25, 0.3) is 21.5 Å². The summed E-state index contributed by atoms with van der Waals surface area (Å²) in [5.74, 6) is 0.821. The van der Waals surface area contributed by atoms with Gasteiger partial charge >= 0.3 is 0 Å². The molecule has 0 fully saturated rings. The molecule has 2 nitrogen and oxygen atoms in total. The normalized spacial score (nSPS) is 18.3. The molecule has 0 bridgehead atoms. The molecule has 3 aromatic rings. The van der Waals surface area contributed by atoms with Gasteiger partial charge in [-0.1, -0.05) is 42.5 Å². The van der Waals surface area contributed by atoms with Crippen molar-refractivity contribution < 1.29 is 9.84 Å². The summed E-state index contributed by atoms with van der Waals surface area (Å²) < 4.78 is 5.51. The van der Waals surface area contributed by atoms with Crippen molar-refractivity contribution in [3.05, 3.63) is 54.1 Å². The lowest BCUT2D eigenvalue weighted by Crippen LogP contribution is -2.21. The predicted octanol–water partition coefficient (Wildman–Crippen LogP) is 3.64. The maximum absolute atomic E-state index is 9.58. The molecule has 1 aliphatic rings. The smallest absolute Gasteiger partial charge is 0.197 e. The van der Waals surface area contributed by atoms with Crippen LogP contribution >= 0.6 is 0 Å². The summed E-state index contributed by atoms with van der Waals surface area (Å²) in [5, 5.41) is 14.6. The number of rotatable bonds is 0. The van der Waals surface area contributed by atoms with Gasteiger partial charge in [0, 0.05) is 12.0 Å². The first kappa shape index (κ1) is 10.8. The number of hydrogen-bond acceptors (Lipinski definition) is 2. The Hall–Kier alpha value is -2.06. The van der Waals surface area contributed by atoms with E-state index < -0.39 is 6.29 Å². The molecule has 0 amide bonds. The van der Waals surface area contributed by atoms with Crippen LogP contribution in [0.15, 0.2) is 48.5 Å². The van der Waals surface area contributed by atoms with E-state index in [4.69, 9.17) is 4.74 Å². The number of benzene rings is 3. The highest BCUT2D eigenvalue weighted by Gasteiger charge is 2.19. The number of aliphatic hydroxyl groups is 1. The molecule has 0 saturated carbocycles. The molecule has 0 spiro atoms. The van der Waals surface area contributed by atoms with Crippen LogP contribution < -0.4 is 4.74 Å². The second-order valence-corrected chi connectivity index (χ2v) is 5.04. The molecule has 94 valence electrons. The summed E-state index contributed by atoms with van der Waals surface area (Å²) in [6.45, 7) is 0. The van der Waals surface area contributed by atoms with E-state index in [1.165, 1.54) is 27.1 Å². The first-order chi connectivity index (χ1) is 9.33. The summed E-state index contributed by atoms with van der Waals surface area (Å²) in [6.07, 6.45) is 0.871. The molecular weight excluding hydrogens is 236 g/mol. The zero-order valence-electron chi connectivity index (χ0n) is 10.5. The average Bonchev–Trinajstić information content (AvgIpc) is 2.46. The van der Waals surface area contributed by atoms with Crippen LogP contribution in [0.1, 0.15) is 12.0 Å². The Balaban J connectivity index is 2.08. The molecule has 0 radical (unpaired) electrons. The highest BCUT2D eigenvalue weighted by atomic mass is 16.6. The van der Waals surface area contributed by atoms with Crippen molar-refractivity contribution >= 4 is 21.5 Å². The van der Waals surface area contributed by atoms with E-state index in [0.29, 0.717) is 6.42 Å². The Kier molecular flexibility index (Phi) is 2.26. The van der Waals surface area contributed by atoms with Gasteiger partial charge in [-0.2, -0.15) is 0 Å². The Morgan fingerprint density at radius 3 is 2.68 bits per heavy atom. The van der Waals surface area contributed by atoms with Gasteiger partial charge in [0.15, 0.2) is 6.29 Å². The van der Waals surface area contributed by atoms with Gasteiger partial charge in [-0.3, -0.25) is 0 Å². The molecule has 1 heterocycles. The minimum absolute atomic E-state index is 0.662. The first-order valence-corrected chi connectivity index (χ1v) is 6.61. The van der Waals surface area contributed by atoms with Crippen LogP contribution in [0.3, 0.4) is 0 Å². The Labute approximate surface area is 111 Å². The molecule has 2 heteroatoms. The molecule has 4 rings (SSSR count). The lowest BCUT2D eigenvalue weighted by Gasteiger charge is -2.23. The highest BCUT2D eigenvalue weighted by Crippen LogP contribution is 2.36. The second-order valence-electron chi connectivity index (χ2n) is 5.04. The molecule has 1 atom stereocenters. The topological polar surface area (TPSA) is 29.5 Å². The number of fused-ring (bicyclic) bond motifs is 5. The summed E-state index contributed by atoms with van der Waals surface area (Å²) in [7, 11) is 0. The highest BCUT2D eigenvalue weighted by molar-refractivity contribution is 6.09. The fraction of sp³-hybridized carbons (Fsp3) is 0.176. The van der Waals surface area contributed by atoms with Crippen LogP contribution in [-0.4, -0.2) is 11.4 Å². The summed E-state index contributed by atoms with van der Waals surface area (Å²) in [5.41, 5.74) is 1.22. The van der Waals surface area contributed by atoms with Gasteiger partial charge in [0.2, 0.25) is 0 Å². The van der Waals surface area contributed by atoms with Crippen molar-refractivity contribution in [3.8, 4) is 5.75 Å². The maximum atomic E-state index is 9.58. The third-order valence-electron chi connectivity index (χ3n) is 3.90. The number of ether oxygens (including phenoxy) is 1. The lowest BCUT2D eigenvalue weighted by molar-refractivity contribution is -0.0313. The van der Waals surface area contributed by atoms with Gasteiger partial charge < -0.3 is 9.84 Å². The standard InChI is InChI=1S/C17H14O2/c18-17-10-8-15-14-6-5-11-3-1-2-4-12(11)13(14)7-9-16(15)19-17/h1-7,9,17-18H,8,10H2. The van der Waals surface area contributed by atoms with E-state index in [1.807, 2.05) is 6.07 Å². The zero-order valence-corrected chi connectivity index (χ0v) is 10.5. The molecule has 1 unspecified atom stereocenters. The van der Waals surface area contributed by atoms with Crippen LogP contribution in [0.4, 0.5) is 0 Å². The molecule has 1 aliphatic heterocycles. The summed E-state index contributed by atoms with van der Waals surface area (Å²) in [4.78, 5) is 0. The van der Waals surface area contributed by atoms with Crippen LogP contribution in [0.2, 0.25) is 0 Å². The van der Waals surface area contributed by atoms with Gasteiger partial charge in [-0.25, -0.2) is 0 Å². The van der Waals surface area contributed by atoms with Crippen molar-refractivity contribution in [2.24, 2.45) is 0 Å². The second kappa shape index (κ2) is 3.97. The fourth-order valence-corrected chi connectivity index (χ4v) is 2.97. The van der Waals surface area contributed by atoms with E-state index in [-0.39, 0.29) is 0 Å². The summed E-state index contributed by atoms with van der Waals surface area (Å²) >= 11 is 0. The molecule has 3 aromatic carbocycles. The Bertz CT molecular complexity index is 777. The Morgan fingerprint density at radius 1 is 0.895 bits per heavy atom. The van der Waals surface area contributed by atoms with Crippen molar-refractivity contribution in [2.75, 3.05) is 0 Å². The number of aryl methyl sites for hydroxylation is 1. The van der Waals surface area contributed by atoms with Gasteiger partial charge in [0.1, 0.15) is 5.75 Å². The first-order valence-electron chi connectivity index (χ1n) is 6.61. The monoisotopic (exact) mass is 250 g/mol. The van der Waals surface area contributed by atoms with E-state index in [0.717, 1.165) is 12.2 Å². The molecule has 0 aromatic heterocycles. The maximum Gasteiger partial charge on any atom is 0.197 e. The molecule has 19 heavy (non-hydrogen) atoms. The van der Waals surface area contributed by atoms with Crippen molar-refractivity contribution in [3.63, 3.8) is 0 Å². The van der Waals surface area contributed by atoms with Crippen LogP contribution in [-0.2, 0) is 6.42 Å². The molecule has 0 aliphatic carbocycles. The largest absolute Gasteiger partial charge is 0.465 e. The van der Waals surface area contributed by atoms with E-state index >= 15 is 0 Å². The van der Waals surface area contributed by atoms with Crippen LogP contribution in [0.5, 0.6) is 5.75 Å². The lowest BCUT2D eigenvalue weighted by atomic mass is 9.94. The summed E-state index contributed by atoms with van der Waals surface area (Å²) in [6, 6.07) is 16.8. The van der Waals surface area contributed by atoms with E-state index in [2.05, 4.69) is 42.5 Å². The van der Waals surface area contributed by atoms with Crippen LogP contribution in [0, 0.1) is 0 Å². The van der Waals surface area contributed by atoms with Gasteiger partial charge in [0.25, 0.3) is 0 Å². The number of aliphatic hydroxyl groups excluding tert-OH is 1. The van der Waals surface area contributed by atoms with Gasteiger partial charge in [-0.15, -0.1) is 0 Å². The SMILES string of the molecule is OC1CCc2c(ccc3c2ccc2ccccc23)O1. The minimum Gasteiger partial charge on any atom is -0.465 e. The third kappa shape index (κ3) is 1.60. The average molecular weight is 250 g/mol.